The maximum absolute atomic E-state index is 5.72. The Bertz CT molecular complexity index is 271. The summed E-state index contributed by atoms with van der Waals surface area (Å²) < 4.78 is 11.4. The summed E-state index contributed by atoms with van der Waals surface area (Å²) in [6.07, 6.45) is 27.7. The van der Waals surface area contributed by atoms with Crippen LogP contribution in [-0.2, 0) is 9.47 Å². The van der Waals surface area contributed by atoms with Gasteiger partial charge in [0.15, 0.2) is 0 Å². The molecule has 0 unspecified atom stereocenters. The lowest BCUT2D eigenvalue weighted by Crippen LogP contribution is -2.24. The molecule has 0 heterocycles. The minimum atomic E-state index is 0.829. The molecule has 0 radical (unpaired) electrons. The van der Waals surface area contributed by atoms with Crippen LogP contribution < -0.4 is 5.32 Å². The van der Waals surface area contributed by atoms with Gasteiger partial charge in [0.1, 0.15) is 0 Å². The Morgan fingerprint density at radius 2 is 0.645 bits per heavy atom. The van der Waals surface area contributed by atoms with Crippen molar-refractivity contribution >= 4 is 0 Å². The number of ether oxygens (including phenoxy) is 2. The predicted molar refractivity (Wildman–Crippen MR) is 138 cm³/mol. The monoisotopic (exact) mass is 441 g/mol. The second-order valence-corrected chi connectivity index (χ2v) is 9.34. The zero-order valence-corrected chi connectivity index (χ0v) is 21.7. The van der Waals surface area contributed by atoms with Gasteiger partial charge in [0, 0.05) is 26.3 Å². The normalized spacial score (nSPS) is 11.4. The average Bonchev–Trinajstić information content (AvgIpc) is 2.78. The lowest BCUT2D eigenvalue weighted by atomic mass is 10.1. The van der Waals surface area contributed by atoms with E-state index in [0.29, 0.717) is 0 Å². The van der Waals surface area contributed by atoms with E-state index in [0.717, 1.165) is 39.5 Å². The van der Waals surface area contributed by atoms with E-state index in [2.05, 4.69) is 19.2 Å². The molecule has 31 heavy (non-hydrogen) atoms. The number of rotatable bonds is 28. The second kappa shape index (κ2) is 29.9. The molecule has 0 atom stereocenters. The zero-order chi connectivity index (χ0) is 22.5. The van der Waals surface area contributed by atoms with E-state index in [1.54, 1.807) is 0 Å². The van der Waals surface area contributed by atoms with E-state index in [1.165, 1.54) is 128 Å². The number of hydrogen-bond donors (Lipinski definition) is 1. The molecule has 3 heteroatoms. The molecule has 0 aliphatic rings. The lowest BCUT2D eigenvalue weighted by Gasteiger charge is -2.07. The Kier molecular flexibility index (Phi) is 29.8. The molecule has 0 aliphatic heterocycles. The number of nitrogens with one attached hydrogen (secondary N) is 1. The number of hydrogen-bond acceptors (Lipinski definition) is 3. The van der Waals surface area contributed by atoms with Crippen LogP contribution in [0.3, 0.4) is 0 Å². The van der Waals surface area contributed by atoms with Gasteiger partial charge in [-0.3, -0.25) is 0 Å². The van der Waals surface area contributed by atoms with Crippen molar-refractivity contribution in [3.63, 3.8) is 0 Å². The molecule has 3 nitrogen and oxygen atoms in total. The van der Waals surface area contributed by atoms with Gasteiger partial charge in [-0.05, 0) is 12.8 Å². The Labute approximate surface area is 196 Å². The van der Waals surface area contributed by atoms with Crippen LogP contribution in [0.2, 0.25) is 0 Å². The molecular weight excluding hydrogens is 382 g/mol. The zero-order valence-electron chi connectivity index (χ0n) is 21.7. The molecule has 0 spiro atoms. The molecule has 0 aromatic rings. The summed E-state index contributed by atoms with van der Waals surface area (Å²) in [6.45, 7) is 9.96. The quantitative estimate of drug-likeness (QED) is 0.123. The third-order valence-corrected chi connectivity index (χ3v) is 6.13. The van der Waals surface area contributed by atoms with Crippen molar-refractivity contribution in [2.45, 2.75) is 142 Å². The molecule has 0 saturated carbocycles. The molecule has 0 aromatic heterocycles. The largest absolute Gasteiger partial charge is 0.380 e. The molecule has 188 valence electrons. The molecule has 0 bridgehead atoms. The third kappa shape index (κ3) is 29.9. The van der Waals surface area contributed by atoms with Gasteiger partial charge in [-0.2, -0.15) is 0 Å². The summed E-state index contributed by atoms with van der Waals surface area (Å²) in [5.41, 5.74) is 0. The minimum Gasteiger partial charge on any atom is -0.380 e. The fraction of sp³-hybridized carbons (Fsp3) is 1.00. The molecule has 0 fully saturated rings. The maximum atomic E-state index is 5.72. The van der Waals surface area contributed by atoms with Crippen molar-refractivity contribution in [3.8, 4) is 0 Å². The van der Waals surface area contributed by atoms with Crippen LogP contribution in [0.15, 0.2) is 0 Å². The highest BCUT2D eigenvalue weighted by Crippen LogP contribution is 2.11. The Morgan fingerprint density at radius 1 is 0.355 bits per heavy atom. The van der Waals surface area contributed by atoms with E-state index < -0.39 is 0 Å². The van der Waals surface area contributed by atoms with Gasteiger partial charge in [0.05, 0.1) is 13.2 Å². The van der Waals surface area contributed by atoms with E-state index in [1.807, 2.05) is 0 Å². The van der Waals surface area contributed by atoms with Gasteiger partial charge in [-0.15, -0.1) is 0 Å². The molecule has 1 N–H and O–H groups in total. The van der Waals surface area contributed by atoms with E-state index in [-0.39, 0.29) is 0 Å². The molecule has 0 saturated heterocycles. The average molecular weight is 442 g/mol. The molecular formula is C28H59NO2. The fourth-order valence-electron chi connectivity index (χ4n) is 4.00. The SMILES string of the molecule is CCCCCCCCCCCCOCCNCCOCCCCCCCCCCCC. The van der Waals surface area contributed by atoms with Crippen LogP contribution in [0, 0.1) is 0 Å². The maximum Gasteiger partial charge on any atom is 0.0590 e. The van der Waals surface area contributed by atoms with E-state index in [4.69, 9.17) is 9.47 Å². The molecule has 0 aromatic carbocycles. The van der Waals surface area contributed by atoms with Crippen molar-refractivity contribution in [3.05, 3.63) is 0 Å². The van der Waals surface area contributed by atoms with E-state index >= 15 is 0 Å². The first kappa shape index (κ1) is 30.9. The van der Waals surface area contributed by atoms with Crippen molar-refractivity contribution in [2.24, 2.45) is 0 Å². The van der Waals surface area contributed by atoms with Crippen LogP contribution in [-0.4, -0.2) is 39.5 Å². The van der Waals surface area contributed by atoms with Crippen molar-refractivity contribution in [1.82, 2.24) is 5.32 Å². The van der Waals surface area contributed by atoms with E-state index in [9.17, 15) is 0 Å². The van der Waals surface area contributed by atoms with Crippen molar-refractivity contribution in [1.29, 1.82) is 0 Å². The summed E-state index contributed by atoms with van der Waals surface area (Å²) in [5, 5.41) is 3.41. The highest BCUT2D eigenvalue weighted by molar-refractivity contribution is 4.50. The standard InChI is InChI=1S/C28H59NO2/c1-3-5-7-9-11-13-15-17-19-21-25-30-27-23-29-24-28-31-26-22-20-18-16-14-12-10-8-6-4-2/h29H,3-28H2,1-2H3. The van der Waals surface area contributed by atoms with Crippen LogP contribution in [0.4, 0.5) is 0 Å². The Hall–Kier alpha value is -0.120. The fourth-order valence-corrected chi connectivity index (χ4v) is 4.00. The molecule has 0 rings (SSSR count). The molecule has 0 aliphatic carbocycles. The minimum absolute atomic E-state index is 0.829. The van der Waals surface area contributed by atoms with Gasteiger partial charge < -0.3 is 14.8 Å². The first-order chi connectivity index (χ1) is 15.4. The third-order valence-electron chi connectivity index (χ3n) is 6.13. The lowest BCUT2D eigenvalue weighted by molar-refractivity contribution is 0.117. The highest BCUT2D eigenvalue weighted by Gasteiger charge is 1.95. The van der Waals surface area contributed by atoms with Crippen LogP contribution >= 0.6 is 0 Å². The van der Waals surface area contributed by atoms with Gasteiger partial charge >= 0.3 is 0 Å². The van der Waals surface area contributed by atoms with Crippen LogP contribution in [0.5, 0.6) is 0 Å². The van der Waals surface area contributed by atoms with Crippen molar-refractivity contribution in [2.75, 3.05) is 39.5 Å². The van der Waals surface area contributed by atoms with Gasteiger partial charge in [-0.25, -0.2) is 0 Å². The second-order valence-electron chi connectivity index (χ2n) is 9.34. The summed E-state index contributed by atoms with van der Waals surface area (Å²) in [5.74, 6) is 0. The smallest absolute Gasteiger partial charge is 0.0590 e. The molecule has 0 amide bonds. The van der Waals surface area contributed by atoms with Crippen molar-refractivity contribution < 1.29 is 9.47 Å². The summed E-state index contributed by atoms with van der Waals surface area (Å²) in [4.78, 5) is 0. The van der Waals surface area contributed by atoms with Gasteiger partial charge in [0.25, 0.3) is 0 Å². The first-order valence-corrected chi connectivity index (χ1v) is 14.3. The summed E-state index contributed by atoms with van der Waals surface area (Å²) in [6, 6.07) is 0. The first-order valence-electron chi connectivity index (χ1n) is 14.3. The van der Waals surface area contributed by atoms with Crippen LogP contribution in [0.25, 0.3) is 0 Å². The number of unbranched alkanes of at least 4 members (excludes halogenated alkanes) is 18. The predicted octanol–water partition coefficient (Wildman–Crippen LogP) is 8.45. The van der Waals surface area contributed by atoms with Gasteiger partial charge in [-0.1, -0.05) is 129 Å². The van der Waals surface area contributed by atoms with Gasteiger partial charge in [0.2, 0.25) is 0 Å². The highest BCUT2D eigenvalue weighted by atomic mass is 16.5. The Balaban J connectivity index is 2.98. The Morgan fingerprint density at radius 3 is 0.968 bits per heavy atom. The topological polar surface area (TPSA) is 30.5 Å². The van der Waals surface area contributed by atoms with Crippen LogP contribution in [0.1, 0.15) is 142 Å². The summed E-state index contributed by atoms with van der Waals surface area (Å²) in [7, 11) is 0. The summed E-state index contributed by atoms with van der Waals surface area (Å²) >= 11 is 0.